The van der Waals surface area contributed by atoms with Gasteiger partial charge in [0, 0.05) is 12.1 Å². The molecule has 1 fully saturated rings. The van der Waals surface area contributed by atoms with Crippen molar-refractivity contribution in [1.82, 2.24) is 19.6 Å². The number of hydrogen-bond acceptors (Lipinski definition) is 5. The summed E-state index contributed by atoms with van der Waals surface area (Å²) in [5.41, 5.74) is 3.11. The van der Waals surface area contributed by atoms with E-state index in [0.29, 0.717) is 22.4 Å². The third-order valence-electron chi connectivity index (χ3n) is 4.85. The van der Waals surface area contributed by atoms with Crippen LogP contribution < -0.4 is 5.32 Å². The SMILES string of the molecule is Cc1nc2c(C)cccn2c1C(=O)Nc1nnc(C2CCCCC2)s1. The second-order valence-electron chi connectivity index (χ2n) is 6.67. The van der Waals surface area contributed by atoms with Crippen LogP contribution in [0, 0.1) is 13.8 Å². The van der Waals surface area contributed by atoms with Crippen molar-refractivity contribution in [2.75, 3.05) is 5.32 Å². The Morgan fingerprint density at radius 1 is 1.24 bits per heavy atom. The van der Waals surface area contributed by atoms with Crippen LogP contribution in [-0.4, -0.2) is 25.5 Å². The van der Waals surface area contributed by atoms with Crippen molar-refractivity contribution in [2.24, 2.45) is 0 Å². The Morgan fingerprint density at radius 3 is 2.84 bits per heavy atom. The minimum absolute atomic E-state index is 0.193. The first-order chi connectivity index (χ1) is 12.1. The van der Waals surface area contributed by atoms with Crippen molar-refractivity contribution < 1.29 is 4.79 Å². The number of anilines is 1. The largest absolute Gasteiger partial charge is 0.295 e. The number of nitrogens with one attached hydrogen (secondary N) is 1. The second kappa shape index (κ2) is 6.55. The second-order valence-corrected chi connectivity index (χ2v) is 7.67. The van der Waals surface area contributed by atoms with Crippen LogP contribution in [-0.2, 0) is 0 Å². The maximum absolute atomic E-state index is 12.8. The highest BCUT2D eigenvalue weighted by atomic mass is 32.1. The van der Waals surface area contributed by atoms with Crippen LogP contribution in [0.3, 0.4) is 0 Å². The van der Waals surface area contributed by atoms with Crippen LogP contribution in [0.25, 0.3) is 5.65 Å². The number of aromatic nitrogens is 4. The first-order valence-electron chi connectivity index (χ1n) is 8.72. The molecular formula is C18H21N5OS. The Labute approximate surface area is 150 Å². The summed E-state index contributed by atoms with van der Waals surface area (Å²) in [6, 6.07) is 3.91. The Hall–Kier alpha value is -2.28. The Morgan fingerprint density at radius 2 is 2.04 bits per heavy atom. The van der Waals surface area contributed by atoms with Crippen LogP contribution in [0.4, 0.5) is 5.13 Å². The van der Waals surface area contributed by atoms with E-state index in [1.807, 2.05) is 36.6 Å². The molecule has 0 bridgehead atoms. The monoisotopic (exact) mass is 355 g/mol. The van der Waals surface area contributed by atoms with Crippen LogP contribution >= 0.6 is 11.3 Å². The number of nitrogens with zero attached hydrogens (tertiary/aromatic N) is 4. The van der Waals surface area contributed by atoms with Crippen LogP contribution in [0.2, 0.25) is 0 Å². The highest BCUT2D eigenvalue weighted by Crippen LogP contribution is 2.35. The predicted molar refractivity (Wildman–Crippen MR) is 98.4 cm³/mol. The van der Waals surface area contributed by atoms with E-state index in [9.17, 15) is 4.79 Å². The van der Waals surface area contributed by atoms with Gasteiger partial charge < -0.3 is 0 Å². The average molecular weight is 355 g/mol. The number of imidazole rings is 1. The number of amides is 1. The molecule has 3 heterocycles. The maximum atomic E-state index is 12.8. The molecule has 0 atom stereocenters. The van der Waals surface area contributed by atoms with Crippen LogP contribution in [0.1, 0.15) is 64.8 Å². The molecule has 0 spiro atoms. The van der Waals surface area contributed by atoms with Gasteiger partial charge in [0.15, 0.2) is 0 Å². The van der Waals surface area contributed by atoms with E-state index in [4.69, 9.17) is 0 Å². The summed E-state index contributed by atoms with van der Waals surface area (Å²) in [6.07, 6.45) is 8.04. The third-order valence-corrected chi connectivity index (χ3v) is 5.85. The van der Waals surface area contributed by atoms with Crippen LogP contribution in [0.5, 0.6) is 0 Å². The Balaban J connectivity index is 1.57. The summed E-state index contributed by atoms with van der Waals surface area (Å²) in [4.78, 5) is 17.3. The maximum Gasteiger partial charge on any atom is 0.276 e. The minimum atomic E-state index is -0.193. The van der Waals surface area contributed by atoms with Crippen molar-refractivity contribution in [3.05, 3.63) is 40.3 Å². The molecule has 1 saturated carbocycles. The van der Waals surface area contributed by atoms with Gasteiger partial charge in [-0.05, 0) is 38.3 Å². The molecule has 3 aromatic heterocycles. The molecule has 1 amide bonds. The van der Waals surface area contributed by atoms with Gasteiger partial charge in [0.2, 0.25) is 5.13 Å². The fourth-order valence-corrected chi connectivity index (χ4v) is 4.45. The first kappa shape index (κ1) is 16.2. The van der Waals surface area contributed by atoms with Gasteiger partial charge in [0.25, 0.3) is 5.91 Å². The lowest BCUT2D eigenvalue weighted by Crippen LogP contribution is -2.15. The van der Waals surface area contributed by atoms with Gasteiger partial charge in [-0.25, -0.2) is 4.98 Å². The Kier molecular flexibility index (Phi) is 4.25. The van der Waals surface area contributed by atoms with Gasteiger partial charge in [-0.2, -0.15) is 0 Å². The molecule has 6 nitrogen and oxygen atoms in total. The number of carbonyl (C=O) groups is 1. The molecule has 0 radical (unpaired) electrons. The molecule has 7 heteroatoms. The van der Waals surface area contributed by atoms with E-state index < -0.39 is 0 Å². The van der Waals surface area contributed by atoms with Gasteiger partial charge in [-0.3, -0.25) is 14.5 Å². The third kappa shape index (κ3) is 3.04. The van der Waals surface area contributed by atoms with Crippen molar-refractivity contribution in [3.63, 3.8) is 0 Å². The molecule has 130 valence electrons. The fourth-order valence-electron chi connectivity index (χ4n) is 3.55. The number of rotatable bonds is 3. The lowest BCUT2D eigenvalue weighted by Gasteiger charge is -2.18. The zero-order chi connectivity index (χ0) is 17.4. The highest BCUT2D eigenvalue weighted by Gasteiger charge is 2.22. The predicted octanol–water partition coefficient (Wildman–Crippen LogP) is 4.10. The Bertz CT molecular complexity index is 923. The van der Waals surface area contributed by atoms with E-state index in [2.05, 4.69) is 20.5 Å². The summed E-state index contributed by atoms with van der Waals surface area (Å²) in [7, 11) is 0. The van der Waals surface area contributed by atoms with Crippen LogP contribution in [0.15, 0.2) is 18.3 Å². The molecule has 0 unspecified atom stereocenters. The van der Waals surface area contributed by atoms with Gasteiger partial charge >= 0.3 is 0 Å². The zero-order valence-electron chi connectivity index (χ0n) is 14.5. The van der Waals surface area contributed by atoms with E-state index >= 15 is 0 Å². The summed E-state index contributed by atoms with van der Waals surface area (Å²) in [5.74, 6) is 0.305. The molecule has 0 aromatic carbocycles. The van der Waals surface area contributed by atoms with Crippen molar-refractivity contribution in [3.8, 4) is 0 Å². The van der Waals surface area contributed by atoms with E-state index in [1.54, 1.807) is 0 Å². The molecule has 0 saturated heterocycles. The molecule has 1 N–H and O–H groups in total. The normalized spacial score (nSPS) is 15.6. The quantitative estimate of drug-likeness (QED) is 0.767. The van der Waals surface area contributed by atoms with E-state index in [-0.39, 0.29) is 5.91 Å². The number of pyridine rings is 1. The number of hydrogen-bond donors (Lipinski definition) is 1. The minimum Gasteiger partial charge on any atom is -0.295 e. The molecule has 0 aliphatic heterocycles. The van der Waals surface area contributed by atoms with Gasteiger partial charge in [0.05, 0.1) is 5.69 Å². The number of carbonyl (C=O) groups excluding carboxylic acids is 1. The van der Waals surface area contributed by atoms with E-state index in [1.165, 1.54) is 43.4 Å². The smallest absolute Gasteiger partial charge is 0.276 e. The molecular weight excluding hydrogens is 334 g/mol. The number of aryl methyl sites for hydroxylation is 2. The molecule has 4 rings (SSSR count). The lowest BCUT2D eigenvalue weighted by molar-refractivity contribution is 0.102. The number of fused-ring (bicyclic) bond motifs is 1. The van der Waals surface area contributed by atoms with Gasteiger partial charge in [-0.1, -0.05) is 36.7 Å². The summed E-state index contributed by atoms with van der Waals surface area (Å²) < 4.78 is 1.84. The zero-order valence-corrected chi connectivity index (χ0v) is 15.3. The average Bonchev–Trinajstić information content (AvgIpc) is 3.20. The van der Waals surface area contributed by atoms with Crippen molar-refractivity contribution in [2.45, 2.75) is 51.9 Å². The summed E-state index contributed by atoms with van der Waals surface area (Å²) >= 11 is 1.50. The topological polar surface area (TPSA) is 72.2 Å². The standard InChI is InChI=1S/C18H21N5OS/c1-11-7-6-10-23-14(12(2)19-15(11)23)16(24)20-18-22-21-17(25-18)13-8-4-3-5-9-13/h6-7,10,13H,3-5,8-9H2,1-2H3,(H,20,22,24). The molecule has 3 aromatic rings. The van der Waals surface area contributed by atoms with Gasteiger partial charge in [0.1, 0.15) is 16.3 Å². The van der Waals surface area contributed by atoms with Gasteiger partial charge in [-0.15, -0.1) is 10.2 Å². The first-order valence-corrected chi connectivity index (χ1v) is 9.54. The highest BCUT2D eigenvalue weighted by molar-refractivity contribution is 7.15. The summed E-state index contributed by atoms with van der Waals surface area (Å²) in [5, 5.41) is 13.0. The lowest BCUT2D eigenvalue weighted by atomic mass is 9.90. The van der Waals surface area contributed by atoms with E-state index in [0.717, 1.165) is 16.2 Å². The fraction of sp³-hybridized carbons (Fsp3) is 0.444. The molecule has 1 aliphatic carbocycles. The molecule has 25 heavy (non-hydrogen) atoms. The summed E-state index contributed by atoms with van der Waals surface area (Å²) in [6.45, 7) is 3.85. The van der Waals surface area contributed by atoms with Crippen molar-refractivity contribution >= 4 is 28.0 Å². The molecule has 1 aliphatic rings. The van der Waals surface area contributed by atoms with Crippen molar-refractivity contribution in [1.29, 1.82) is 0 Å².